The summed E-state index contributed by atoms with van der Waals surface area (Å²) < 4.78 is 11.2. The van der Waals surface area contributed by atoms with Crippen LogP contribution in [0.3, 0.4) is 0 Å². The highest BCUT2D eigenvalue weighted by Gasteiger charge is 2.27. The van der Waals surface area contributed by atoms with E-state index in [1.807, 2.05) is 0 Å². The predicted molar refractivity (Wildman–Crippen MR) is 98.4 cm³/mol. The lowest BCUT2D eigenvalue weighted by atomic mass is 9.95. The summed E-state index contributed by atoms with van der Waals surface area (Å²) in [7, 11) is 1.80. The average Bonchev–Trinajstić information content (AvgIpc) is 3.28. The molecule has 3 fully saturated rings. The molecule has 140 valence electrons. The first-order chi connectivity index (χ1) is 11.8. The molecule has 1 atom stereocenters. The molecule has 0 amide bonds. The SMILES string of the molecule is COCCN1CCC(CN(CC2CCCC2)CC2CCCO2)CC1. The van der Waals surface area contributed by atoms with Crippen molar-refractivity contribution in [3.8, 4) is 0 Å². The van der Waals surface area contributed by atoms with Gasteiger partial charge in [0.1, 0.15) is 0 Å². The van der Waals surface area contributed by atoms with Gasteiger partial charge in [0, 0.05) is 39.9 Å². The molecule has 0 aromatic rings. The van der Waals surface area contributed by atoms with Crippen LogP contribution in [0.4, 0.5) is 0 Å². The van der Waals surface area contributed by atoms with Gasteiger partial charge in [0.05, 0.1) is 12.7 Å². The topological polar surface area (TPSA) is 24.9 Å². The quantitative estimate of drug-likeness (QED) is 0.645. The highest BCUT2D eigenvalue weighted by atomic mass is 16.5. The lowest BCUT2D eigenvalue weighted by Gasteiger charge is -2.36. The second kappa shape index (κ2) is 10.1. The molecule has 1 unspecified atom stereocenters. The first-order valence-corrected chi connectivity index (χ1v) is 10.4. The number of ether oxygens (including phenoxy) is 2. The zero-order valence-electron chi connectivity index (χ0n) is 15.8. The van der Waals surface area contributed by atoms with Crippen LogP contribution in [-0.2, 0) is 9.47 Å². The molecule has 1 saturated carbocycles. The largest absolute Gasteiger partial charge is 0.383 e. The summed E-state index contributed by atoms with van der Waals surface area (Å²) in [5.41, 5.74) is 0. The van der Waals surface area contributed by atoms with E-state index in [1.54, 1.807) is 7.11 Å². The molecule has 3 rings (SSSR count). The minimum Gasteiger partial charge on any atom is -0.383 e. The molecule has 1 aliphatic carbocycles. The van der Waals surface area contributed by atoms with Crippen LogP contribution in [0, 0.1) is 11.8 Å². The van der Waals surface area contributed by atoms with Crippen molar-refractivity contribution in [2.45, 2.75) is 57.5 Å². The number of rotatable bonds is 9. The molecule has 0 spiro atoms. The molecule has 0 N–H and O–H groups in total. The standard InChI is InChI=1S/C20H38N2O2/c1-23-14-12-21-10-8-19(9-11-21)16-22(15-18-5-2-3-6-18)17-20-7-4-13-24-20/h18-20H,2-17H2,1H3. The van der Waals surface area contributed by atoms with Crippen LogP contribution in [0.5, 0.6) is 0 Å². The summed E-state index contributed by atoms with van der Waals surface area (Å²) in [5, 5.41) is 0. The van der Waals surface area contributed by atoms with Gasteiger partial charge in [-0.05, 0) is 63.5 Å². The Morgan fingerprint density at radius 3 is 2.25 bits per heavy atom. The number of hydrogen-bond donors (Lipinski definition) is 0. The maximum Gasteiger partial charge on any atom is 0.0702 e. The van der Waals surface area contributed by atoms with E-state index in [4.69, 9.17) is 9.47 Å². The Balaban J connectivity index is 1.43. The molecule has 4 heteroatoms. The Labute approximate surface area is 148 Å². The van der Waals surface area contributed by atoms with E-state index in [-0.39, 0.29) is 0 Å². The summed E-state index contributed by atoms with van der Waals surface area (Å²) in [6, 6.07) is 0. The average molecular weight is 339 g/mol. The monoisotopic (exact) mass is 338 g/mol. The zero-order chi connectivity index (χ0) is 16.6. The normalized spacial score (nSPS) is 27.5. The highest BCUT2D eigenvalue weighted by Crippen LogP contribution is 2.27. The van der Waals surface area contributed by atoms with Crippen LogP contribution in [0.1, 0.15) is 51.4 Å². The first-order valence-electron chi connectivity index (χ1n) is 10.4. The van der Waals surface area contributed by atoms with E-state index in [9.17, 15) is 0 Å². The molecule has 4 nitrogen and oxygen atoms in total. The van der Waals surface area contributed by atoms with E-state index in [2.05, 4.69) is 9.80 Å². The van der Waals surface area contributed by atoms with Crippen LogP contribution < -0.4 is 0 Å². The second-order valence-electron chi connectivity index (χ2n) is 8.28. The van der Waals surface area contributed by atoms with Gasteiger partial charge >= 0.3 is 0 Å². The van der Waals surface area contributed by atoms with Crippen molar-refractivity contribution in [3.05, 3.63) is 0 Å². The van der Waals surface area contributed by atoms with E-state index in [1.165, 1.54) is 84.1 Å². The Morgan fingerprint density at radius 2 is 1.62 bits per heavy atom. The third-order valence-corrected chi connectivity index (χ3v) is 6.31. The molecule has 0 aromatic heterocycles. The summed E-state index contributed by atoms with van der Waals surface area (Å²) >= 11 is 0. The van der Waals surface area contributed by atoms with E-state index in [0.717, 1.165) is 31.6 Å². The maximum absolute atomic E-state index is 5.93. The maximum atomic E-state index is 5.93. The highest BCUT2D eigenvalue weighted by molar-refractivity contribution is 4.80. The second-order valence-corrected chi connectivity index (χ2v) is 8.28. The Bertz CT molecular complexity index is 315. The Kier molecular flexibility index (Phi) is 7.84. The van der Waals surface area contributed by atoms with Gasteiger partial charge in [-0.1, -0.05) is 12.8 Å². The van der Waals surface area contributed by atoms with Crippen molar-refractivity contribution in [1.82, 2.24) is 9.80 Å². The fourth-order valence-electron chi connectivity index (χ4n) is 4.84. The minimum absolute atomic E-state index is 0.508. The minimum atomic E-state index is 0.508. The number of likely N-dealkylation sites (tertiary alicyclic amines) is 1. The fourth-order valence-corrected chi connectivity index (χ4v) is 4.84. The molecule has 2 aliphatic heterocycles. The number of piperidine rings is 1. The smallest absolute Gasteiger partial charge is 0.0702 e. The third-order valence-electron chi connectivity index (χ3n) is 6.31. The van der Waals surface area contributed by atoms with Crippen LogP contribution >= 0.6 is 0 Å². The van der Waals surface area contributed by atoms with E-state index >= 15 is 0 Å². The fraction of sp³-hybridized carbons (Fsp3) is 1.00. The molecule has 0 aromatic carbocycles. The van der Waals surface area contributed by atoms with Crippen LogP contribution in [0.15, 0.2) is 0 Å². The van der Waals surface area contributed by atoms with Gasteiger partial charge in [0.15, 0.2) is 0 Å². The van der Waals surface area contributed by atoms with Gasteiger partial charge in [-0.2, -0.15) is 0 Å². The molecule has 24 heavy (non-hydrogen) atoms. The molecule has 0 radical (unpaired) electrons. The van der Waals surface area contributed by atoms with Gasteiger partial charge in [-0.3, -0.25) is 0 Å². The molecule has 2 heterocycles. The zero-order valence-corrected chi connectivity index (χ0v) is 15.8. The van der Waals surface area contributed by atoms with Crippen LogP contribution in [-0.4, -0.2) is 75.5 Å². The van der Waals surface area contributed by atoms with Crippen molar-refractivity contribution >= 4 is 0 Å². The van der Waals surface area contributed by atoms with Crippen molar-refractivity contribution in [2.75, 3.05) is 59.6 Å². The number of hydrogen-bond acceptors (Lipinski definition) is 4. The van der Waals surface area contributed by atoms with E-state index < -0.39 is 0 Å². The van der Waals surface area contributed by atoms with Gasteiger partial charge in [-0.15, -0.1) is 0 Å². The van der Waals surface area contributed by atoms with Crippen LogP contribution in [0.2, 0.25) is 0 Å². The Morgan fingerprint density at radius 1 is 0.917 bits per heavy atom. The van der Waals surface area contributed by atoms with Crippen LogP contribution in [0.25, 0.3) is 0 Å². The first kappa shape index (κ1) is 18.6. The molecule has 3 aliphatic rings. The van der Waals surface area contributed by atoms with Crippen molar-refractivity contribution in [1.29, 1.82) is 0 Å². The Hall–Kier alpha value is -0.160. The van der Waals surface area contributed by atoms with Crippen molar-refractivity contribution in [3.63, 3.8) is 0 Å². The summed E-state index contributed by atoms with van der Waals surface area (Å²) in [5.74, 6) is 1.83. The molecular formula is C20H38N2O2. The number of nitrogens with zero attached hydrogens (tertiary/aromatic N) is 2. The van der Waals surface area contributed by atoms with Gasteiger partial charge in [0.2, 0.25) is 0 Å². The summed E-state index contributed by atoms with van der Waals surface area (Å²) in [6.45, 7) is 9.28. The van der Waals surface area contributed by atoms with E-state index in [0.29, 0.717) is 6.10 Å². The molecular weight excluding hydrogens is 300 g/mol. The lowest BCUT2D eigenvalue weighted by Crippen LogP contribution is -2.43. The van der Waals surface area contributed by atoms with Gasteiger partial charge in [0.25, 0.3) is 0 Å². The third kappa shape index (κ3) is 5.98. The molecule has 0 bridgehead atoms. The predicted octanol–water partition coefficient (Wildman–Crippen LogP) is 3.02. The number of methoxy groups -OCH3 is 1. The van der Waals surface area contributed by atoms with Crippen molar-refractivity contribution in [2.24, 2.45) is 11.8 Å². The summed E-state index contributed by atoms with van der Waals surface area (Å²) in [4.78, 5) is 5.35. The molecule has 2 saturated heterocycles. The van der Waals surface area contributed by atoms with Gasteiger partial charge < -0.3 is 19.3 Å². The lowest BCUT2D eigenvalue weighted by molar-refractivity contribution is 0.0522. The van der Waals surface area contributed by atoms with Gasteiger partial charge in [-0.25, -0.2) is 0 Å². The summed E-state index contributed by atoms with van der Waals surface area (Å²) in [6.07, 6.45) is 11.6. The van der Waals surface area contributed by atoms with Crippen molar-refractivity contribution < 1.29 is 9.47 Å².